The van der Waals surface area contributed by atoms with Gasteiger partial charge in [-0.1, -0.05) is 20.3 Å². The quantitative estimate of drug-likeness (QED) is 0.902. The number of aromatic nitrogens is 2. The summed E-state index contributed by atoms with van der Waals surface area (Å²) in [6.45, 7) is 9.63. The zero-order chi connectivity index (χ0) is 12.3. The number of nitrogens with one attached hydrogen (secondary N) is 1. The molecule has 0 aliphatic rings. The Balaban J connectivity index is 2.61. The minimum atomic E-state index is 0.534. The topological polar surface area (TPSA) is 29.9 Å². The van der Waals surface area contributed by atoms with Crippen LogP contribution in [-0.4, -0.2) is 15.8 Å². The Morgan fingerprint density at radius 3 is 2.50 bits per heavy atom. The first-order valence-electron chi connectivity index (χ1n) is 5.88. The second kappa shape index (κ2) is 5.82. The fourth-order valence-corrected chi connectivity index (χ4v) is 2.16. The van der Waals surface area contributed by atoms with E-state index in [0.717, 1.165) is 16.7 Å². The first-order chi connectivity index (χ1) is 7.47. The van der Waals surface area contributed by atoms with E-state index in [9.17, 15) is 0 Å². The van der Waals surface area contributed by atoms with E-state index in [1.165, 1.54) is 12.1 Å². The van der Waals surface area contributed by atoms with Crippen LogP contribution in [0.5, 0.6) is 0 Å². The molecular weight excluding hydrogens is 266 g/mol. The summed E-state index contributed by atoms with van der Waals surface area (Å²) in [5, 5.41) is 7.94. The fourth-order valence-electron chi connectivity index (χ4n) is 1.68. The number of halogens is 1. The van der Waals surface area contributed by atoms with Crippen molar-refractivity contribution < 1.29 is 0 Å². The van der Waals surface area contributed by atoms with Gasteiger partial charge in [-0.25, -0.2) is 0 Å². The van der Waals surface area contributed by atoms with E-state index < -0.39 is 0 Å². The van der Waals surface area contributed by atoms with Crippen LogP contribution in [0.2, 0.25) is 0 Å². The molecule has 0 saturated heterocycles. The number of rotatable bonds is 5. The predicted molar refractivity (Wildman–Crippen MR) is 71.4 cm³/mol. The average molecular weight is 288 g/mol. The Kier molecular flexibility index (Phi) is 4.99. The summed E-state index contributed by atoms with van der Waals surface area (Å²) in [5.74, 6) is 0.702. The molecule has 0 bridgehead atoms. The number of hydrogen-bond acceptors (Lipinski definition) is 2. The van der Waals surface area contributed by atoms with Crippen molar-refractivity contribution >= 4 is 15.9 Å². The van der Waals surface area contributed by atoms with Crippen molar-refractivity contribution in [1.82, 2.24) is 15.1 Å². The van der Waals surface area contributed by atoms with Crippen molar-refractivity contribution in [2.45, 2.75) is 46.7 Å². The Labute approximate surface area is 107 Å². The molecule has 1 aromatic heterocycles. The minimum absolute atomic E-state index is 0.534. The maximum absolute atomic E-state index is 4.38. The highest BCUT2D eigenvalue weighted by Gasteiger charge is 2.13. The molecule has 2 unspecified atom stereocenters. The van der Waals surface area contributed by atoms with Gasteiger partial charge in [-0.05, 0) is 35.7 Å². The highest BCUT2D eigenvalue weighted by Crippen LogP contribution is 2.20. The van der Waals surface area contributed by atoms with Gasteiger partial charge in [0.2, 0.25) is 0 Å². The van der Waals surface area contributed by atoms with Gasteiger partial charge < -0.3 is 5.32 Å². The normalized spacial score (nSPS) is 15.1. The molecule has 4 heteroatoms. The van der Waals surface area contributed by atoms with Gasteiger partial charge in [-0.3, -0.25) is 4.68 Å². The Morgan fingerprint density at radius 1 is 1.44 bits per heavy atom. The maximum Gasteiger partial charge on any atom is 0.0739 e. The van der Waals surface area contributed by atoms with Crippen LogP contribution in [-0.2, 0) is 13.6 Å². The van der Waals surface area contributed by atoms with Crippen LogP contribution in [0.1, 0.15) is 38.6 Å². The van der Waals surface area contributed by atoms with Gasteiger partial charge in [0.25, 0.3) is 0 Å². The molecule has 0 spiro atoms. The Bertz CT molecular complexity index is 346. The molecule has 1 N–H and O–H groups in total. The number of aryl methyl sites for hydroxylation is 2. The second-order valence-electron chi connectivity index (χ2n) is 4.52. The molecule has 1 aromatic rings. The lowest BCUT2D eigenvalue weighted by molar-refractivity contribution is 0.384. The van der Waals surface area contributed by atoms with E-state index in [4.69, 9.17) is 0 Å². The smallest absolute Gasteiger partial charge is 0.0739 e. The van der Waals surface area contributed by atoms with E-state index in [1.54, 1.807) is 0 Å². The third-order valence-electron chi connectivity index (χ3n) is 3.35. The molecule has 16 heavy (non-hydrogen) atoms. The van der Waals surface area contributed by atoms with E-state index >= 15 is 0 Å². The molecule has 1 rings (SSSR count). The van der Waals surface area contributed by atoms with Crippen LogP contribution in [0.25, 0.3) is 0 Å². The lowest BCUT2D eigenvalue weighted by Crippen LogP contribution is -2.32. The number of hydrogen-bond donors (Lipinski definition) is 1. The zero-order valence-electron chi connectivity index (χ0n) is 10.8. The number of nitrogens with zero attached hydrogens (tertiary/aromatic N) is 2. The van der Waals surface area contributed by atoms with Crippen LogP contribution in [0.4, 0.5) is 0 Å². The summed E-state index contributed by atoms with van der Waals surface area (Å²) < 4.78 is 3.06. The molecule has 0 aliphatic carbocycles. The van der Waals surface area contributed by atoms with Gasteiger partial charge in [0, 0.05) is 19.6 Å². The lowest BCUT2D eigenvalue weighted by Gasteiger charge is -2.20. The van der Waals surface area contributed by atoms with Crippen LogP contribution in [0, 0.1) is 12.8 Å². The van der Waals surface area contributed by atoms with Crippen molar-refractivity contribution in [3.05, 3.63) is 15.9 Å². The molecule has 0 aliphatic heterocycles. The van der Waals surface area contributed by atoms with Gasteiger partial charge in [0.1, 0.15) is 0 Å². The van der Waals surface area contributed by atoms with Gasteiger partial charge in [-0.2, -0.15) is 5.10 Å². The Morgan fingerprint density at radius 2 is 2.06 bits per heavy atom. The molecule has 0 fully saturated rings. The molecule has 92 valence electrons. The average Bonchev–Trinajstić information content (AvgIpc) is 2.49. The monoisotopic (exact) mass is 287 g/mol. The second-order valence-corrected chi connectivity index (χ2v) is 5.32. The summed E-state index contributed by atoms with van der Waals surface area (Å²) in [6, 6.07) is 0.534. The largest absolute Gasteiger partial charge is 0.308 e. The first-order valence-corrected chi connectivity index (χ1v) is 6.68. The van der Waals surface area contributed by atoms with Gasteiger partial charge in [0.15, 0.2) is 0 Å². The van der Waals surface area contributed by atoms with Gasteiger partial charge in [-0.15, -0.1) is 0 Å². The standard InChI is InChI=1S/C12H22BrN3/c1-6-8(2)9(3)14-7-11-12(13)10(4)15-16(11)5/h8-9,14H,6-7H2,1-5H3. The third kappa shape index (κ3) is 3.08. The third-order valence-corrected chi connectivity index (χ3v) is 4.38. The summed E-state index contributed by atoms with van der Waals surface area (Å²) in [7, 11) is 1.99. The van der Waals surface area contributed by atoms with Crippen molar-refractivity contribution in [1.29, 1.82) is 0 Å². The SMILES string of the molecule is CCC(C)C(C)NCc1c(Br)c(C)nn1C. The summed E-state index contributed by atoms with van der Waals surface area (Å²) >= 11 is 3.58. The molecule has 0 aromatic carbocycles. The lowest BCUT2D eigenvalue weighted by atomic mass is 10.0. The van der Waals surface area contributed by atoms with Crippen molar-refractivity contribution in [3.8, 4) is 0 Å². The van der Waals surface area contributed by atoms with Crippen LogP contribution < -0.4 is 5.32 Å². The predicted octanol–water partition coefficient (Wildman–Crippen LogP) is 3.02. The zero-order valence-corrected chi connectivity index (χ0v) is 12.4. The molecule has 2 atom stereocenters. The molecule has 0 radical (unpaired) electrons. The van der Waals surface area contributed by atoms with Crippen molar-refractivity contribution in [2.75, 3.05) is 0 Å². The van der Waals surface area contributed by atoms with Gasteiger partial charge >= 0.3 is 0 Å². The first kappa shape index (κ1) is 13.7. The molecule has 3 nitrogen and oxygen atoms in total. The van der Waals surface area contributed by atoms with E-state index in [2.05, 4.69) is 47.1 Å². The summed E-state index contributed by atoms with van der Waals surface area (Å²) in [4.78, 5) is 0. The summed E-state index contributed by atoms with van der Waals surface area (Å²) in [5.41, 5.74) is 2.27. The van der Waals surface area contributed by atoms with Crippen molar-refractivity contribution in [3.63, 3.8) is 0 Å². The molecular formula is C12H22BrN3. The van der Waals surface area contributed by atoms with Crippen LogP contribution in [0.3, 0.4) is 0 Å². The van der Waals surface area contributed by atoms with Crippen molar-refractivity contribution in [2.24, 2.45) is 13.0 Å². The van der Waals surface area contributed by atoms with E-state index in [-0.39, 0.29) is 0 Å². The minimum Gasteiger partial charge on any atom is -0.308 e. The van der Waals surface area contributed by atoms with Crippen LogP contribution in [0.15, 0.2) is 4.47 Å². The van der Waals surface area contributed by atoms with E-state index in [1.807, 2.05) is 18.7 Å². The molecule has 0 amide bonds. The molecule has 1 heterocycles. The van der Waals surface area contributed by atoms with Gasteiger partial charge in [0.05, 0.1) is 15.9 Å². The highest BCUT2D eigenvalue weighted by molar-refractivity contribution is 9.10. The fraction of sp³-hybridized carbons (Fsp3) is 0.750. The summed E-state index contributed by atoms with van der Waals surface area (Å²) in [6.07, 6.45) is 1.21. The Hall–Kier alpha value is -0.350. The maximum atomic E-state index is 4.38. The van der Waals surface area contributed by atoms with Crippen LogP contribution >= 0.6 is 15.9 Å². The highest BCUT2D eigenvalue weighted by atomic mass is 79.9. The van der Waals surface area contributed by atoms with E-state index in [0.29, 0.717) is 12.0 Å². The molecule has 0 saturated carbocycles.